The van der Waals surface area contributed by atoms with Crippen molar-refractivity contribution in [2.75, 3.05) is 0 Å². The van der Waals surface area contributed by atoms with Gasteiger partial charge in [-0.3, -0.25) is 4.79 Å². The number of rotatable bonds is 5. The highest BCUT2D eigenvalue weighted by Crippen LogP contribution is 2.58. The molecule has 3 aromatic carbocycles. The van der Waals surface area contributed by atoms with Gasteiger partial charge in [-0.05, 0) is 75.1 Å². The zero-order valence-corrected chi connectivity index (χ0v) is 21.3. The summed E-state index contributed by atoms with van der Waals surface area (Å²) in [5.74, 6) is -0.760. The van der Waals surface area contributed by atoms with Crippen LogP contribution in [0.2, 0.25) is 0 Å². The summed E-state index contributed by atoms with van der Waals surface area (Å²) in [6.45, 7) is 6.28. The van der Waals surface area contributed by atoms with Crippen molar-refractivity contribution < 1.29 is 23.8 Å². The topological polar surface area (TPSA) is 60.7 Å². The molecule has 0 radical (unpaired) electrons. The number of carboxylic acids is 1. The second-order valence-corrected chi connectivity index (χ2v) is 11.0. The Morgan fingerprint density at radius 3 is 2.57 bits per heavy atom. The van der Waals surface area contributed by atoms with E-state index in [0.717, 1.165) is 39.2 Å². The maximum absolute atomic E-state index is 14.2. The van der Waals surface area contributed by atoms with Crippen LogP contribution >= 0.6 is 0 Å². The average molecular weight is 500 g/mol. The maximum atomic E-state index is 14.2. The first-order valence-corrected chi connectivity index (χ1v) is 12.7. The molecule has 1 aliphatic heterocycles. The molecule has 0 atom stereocenters. The van der Waals surface area contributed by atoms with Crippen molar-refractivity contribution in [3.05, 3.63) is 94.9 Å². The monoisotopic (exact) mass is 499 g/mol. The van der Waals surface area contributed by atoms with Crippen molar-refractivity contribution in [3.63, 3.8) is 0 Å². The van der Waals surface area contributed by atoms with Crippen LogP contribution in [-0.4, -0.2) is 21.2 Å². The normalized spacial score (nSPS) is 22.0. The predicted molar refractivity (Wildman–Crippen MR) is 140 cm³/mol. The molecule has 0 amide bonds. The van der Waals surface area contributed by atoms with Crippen LogP contribution in [-0.2, 0) is 28.2 Å². The first kappa shape index (κ1) is 23.7. The number of fused-ring (bicyclic) bond motifs is 4. The maximum Gasteiger partial charge on any atom is 0.306 e. The summed E-state index contributed by atoms with van der Waals surface area (Å²) < 4.78 is 29.6. The Kier molecular flexibility index (Phi) is 5.42. The minimum Gasteiger partial charge on any atom is -0.488 e. The first-order valence-electron chi connectivity index (χ1n) is 12.7. The van der Waals surface area contributed by atoms with Crippen LogP contribution < -0.4 is 4.74 Å². The Morgan fingerprint density at radius 2 is 1.86 bits per heavy atom. The minimum absolute atomic E-state index is 0.246. The molecule has 2 aliphatic rings. The molecule has 6 rings (SSSR count). The lowest BCUT2D eigenvalue weighted by Crippen LogP contribution is -2.54. The van der Waals surface area contributed by atoms with Crippen molar-refractivity contribution in [3.8, 4) is 11.4 Å². The fourth-order valence-electron chi connectivity index (χ4n) is 6.15. The van der Waals surface area contributed by atoms with Crippen molar-refractivity contribution >= 4 is 16.9 Å². The van der Waals surface area contributed by atoms with Gasteiger partial charge in [0.1, 0.15) is 18.2 Å². The number of aromatic nitrogens is 1. The summed E-state index contributed by atoms with van der Waals surface area (Å²) in [6.07, 6.45) is 1.45. The predicted octanol–water partition coefficient (Wildman–Crippen LogP) is 6.70. The van der Waals surface area contributed by atoms with E-state index in [2.05, 4.69) is 24.5 Å². The fraction of sp³-hybridized carbons (Fsp3) is 0.323. The third-order valence-corrected chi connectivity index (χ3v) is 7.71. The smallest absolute Gasteiger partial charge is 0.306 e. The van der Waals surface area contributed by atoms with Gasteiger partial charge in [-0.1, -0.05) is 36.4 Å². The van der Waals surface area contributed by atoms with E-state index < -0.39 is 23.1 Å². The number of ether oxygens (including phenoxy) is 2. The lowest BCUT2D eigenvalue weighted by atomic mass is 9.64. The van der Waals surface area contributed by atoms with Crippen LogP contribution in [0.25, 0.3) is 16.6 Å². The molecule has 190 valence electrons. The van der Waals surface area contributed by atoms with Gasteiger partial charge in [-0.25, -0.2) is 4.39 Å². The highest BCUT2D eigenvalue weighted by Gasteiger charge is 2.57. The molecule has 0 bridgehead atoms. The lowest BCUT2D eigenvalue weighted by Gasteiger charge is -2.53. The molecule has 5 nitrogen and oxygen atoms in total. The zero-order chi connectivity index (χ0) is 25.9. The van der Waals surface area contributed by atoms with E-state index in [0.29, 0.717) is 31.4 Å². The van der Waals surface area contributed by atoms with Crippen LogP contribution in [0.15, 0.2) is 66.7 Å². The first-order chi connectivity index (χ1) is 17.7. The lowest BCUT2D eigenvalue weighted by molar-refractivity contribution is -0.218. The van der Waals surface area contributed by atoms with Crippen LogP contribution in [0, 0.1) is 18.7 Å². The van der Waals surface area contributed by atoms with E-state index in [9.17, 15) is 14.3 Å². The van der Waals surface area contributed by atoms with Gasteiger partial charge in [0.2, 0.25) is 0 Å². The summed E-state index contributed by atoms with van der Waals surface area (Å²) >= 11 is 0. The van der Waals surface area contributed by atoms with Crippen molar-refractivity contribution in [2.45, 2.75) is 57.8 Å². The standard InChI is InChI=1S/C31H30FNO4/c1-19-14-22(12-13-23(19)32)33-24-10-7-11-26(36-18-20-8-5-4-6-9-20)27(24)28-25(33)17-30(2,3)37-31(28)15-21(16-31)29(34)35/h4-14,21H,15-18H2,1-3H3,(H,34,35). The molecule has 1 saturated carbocycles. The molecule has 6 heteroatoms. The molecule has 0 unspecified atom stereocenters. The highest BCUT2D eigenvalue weighted by molar-refractivity contribution is 5.94. The van der Waals surface area contributed by atoms with Gasteiger partial charge in [-0.15, -0.1) is 0 Å². The van der Waals surface area contributed by atoms with Gasteiger partial charge in [0.25, 0.3) is 0 Å². The largest absolute Gasteiger partial charge is 0.488 e. The molecule has 1 spiro atoms. The summed E-state index contributed by atoms with van der Waals surface area (Å²) in [5, 5.41) is 10.7. The van der Waals surface area contributed by atoms with Crippen molar-refractivity contribution in [2.24, 2.45) is 5.92 Å². The third kappa shape index (κ3) is 3.91. The molecule has 1 aliphatic carbocycles. The van der Waals surface area contributed by atoms with E-state index in [-0.39, 0.29) is 5.82 Å². The van der Waals surface area contributed by atoms with E-state index in [4.69, 9.17) is 9.47 Å². The summed E-state index contributed by atoms with van der Waals surface area (Å²) in [6, 6.07) is 21.2. The summed E-state index contributed by atoms with van der Waals surface area (Å²) in [5.41, 5.74) is 4.30. The Labute approximate surface area is 215 Å². The number of hydrogen-bond donors (Lipinski definition) is 1. The Hall–Kier alpha value is -3.64. The van der Waals surface area contributed by atoms with Gasteiger partial charge in [0.05, 0.1) is 22.6 Å². The van der Waals surface area contributed by atoms with Crippen LogP contribution in [0.5, 0.6) is 5.75 Å². The van der Waals surface area contributed by atoms with E-state index in [1.165, 1.54) is 6.07 Å². The Balaban J connectivity index is 1.59. The zero-order valence-electron chi connectivity index (χ0n) is 21.3. The number of carbonyl (C=O) groups is 1. The SMILES string of the molecule is Cc1cc(-n2c3c(c4c(OCc5ccccc5)cccc42)C2(CC(C(=O)O)C2)OC(C)(C)C3)ccc1F. The quantitative estimate of drug-likeness (QED) is 0.332. The molecular formula is C31H30FNO4. The van der Waals surface area contributed by atoms with Gasteiger partial charge in [0, 0.05) is 28.8 Å². The van der Waals surface area contributed by atoms with Crippen molar-refractivity contribution in [1.82, 2.24) is 4.57 Å². The molecule has 0 saturated heterocycles. The minimum atomic E-state index is -0.794. The van der Waals surface area contributed by atoms with Crippen LogP contribution in [0.1, 0.15) is 49.1 Å². The molecule has 1 aromatic heterocycles. The van der Waals surface area contributed by atoms with Gasteiger partial charge < -0.3 is 19.1 Å². The second kappa shape index (κ2) is 8.45. The van der Waals surface area contributed by atoms with Gasteiger partial charge in [0.15, 0.2) is 0 Å². The number of carboxylic acid groups (broad SMARTS) is 1. The highest BCUT2D eigenvalue weighted by atomic mass is 19.1. The molecular weight excluding hydrogens is 469 g/mol. The van der Waals surface area contributed by atoms with Crippen molar-refractivity contribution in [1.29, 1.82) is 0 Å². The number of aliphatic carboxylic acids is 1. The Bertz CT molecular complexity index is 1520. The molecule has 2 heterocycles. The summed E-state index contributed by atoms with van der Waals surface area (Å²) in [4.78, 5) is 11.8. The van der Waals surface area contributed by atoms with Gasteiger partial charge in [-0.2, -0.15) is 0 Å². The summed E-state index contributed by atoms with van der Waals surface area (Å²) in [7, 11) is 0. The number of nitrogens with zero attached hydrogens (tertiary/aromatic N) is 1. The molecule has 4 aromatic rings. The van der Waals surface area contributed by atoms with Crippen LogP contribution in [0.3, 0.4) is 0 Å². The number of halogens is 1. The Morgan fingerprint density at radius 1 is 1.11 bits per heavy atom. The number of hydrogen-bond acceptors (Lipinski definition) is 3. The van der Waals surface area contributed by atoms with E-state index >= 15 is 0 Å². The molecule has 1 fully saturated rings. The van der Waals surface area contributed by atoms with Gasteiger partial charge >= 0.3 is 5.97 Å². The number of benzene rings is 3. The molecule has 1 N–H and O–H groups in total. The van der Waals surface area contributed by atoms with E-state index in [1.807, 2.05) is 48.5 Å². The number of aryl methyl sites for hydroxylation is 1. The van der Waals surface area contributed by atoms with E-state index in [1.54, 1.807) is 13.0 Å². The van der Waals surface area contributed by atoms with Crippen LogP contribution in [0.4, 0.5) is 4.39 Å². The second-order valence-electron chi connectivity index (χ2n) is 11.0. The average Bonchev–Trinajstić information content (AvgIpc) is 3.16. The third-order valence-electron chi connectivity index (χ3n) is 7.71. The fourth-order valence-corrected chi connectivity index (χ4v) is 6.15. The molecule has 37 heavy (non-hydrogen) atoms.